The highest BCUT2D eigenvalue weighted by atomic mass is 19.1. The quantitative estimate of drug-likeness (QED) is 0.589. The van der Waals surface area contributed by atoms with Crippen LogP contribution in [0.2, 0.25) is 0 Å². The third-order valence-electron chi connectivity index (χ3n) is 4.59. The fraction of sp³-hybridized carbons (Fsp3) is 0.391. The van der Waals surface area contributed by atoms with E-state index in [0.29, 0.717) is 32.6 Å². The molecule has 2 aromatic rings. The number of nitrogens with zero attached hydrogens (tertiary/aromatic N) is 1. The number of amides is 2. The molecule has 2 rings (SSSR count). The van der Waals surface area contributed by atoms with Crippen LogP contribution in [0.5, 0.6) is 0 Å². The lowest BCUT2D eigenvalue weighted by Gasteiger charge is -2.30. The van der Waals surface area contributed by atoms with E-state index in [0.717, 1.165) is 11.1 Å². The van der Waals surface area contributed by atoms with Gasteiger partial charge in [-0.25, -0.2) is 4.39 Å². The van der Waals surface area contributed by atoms with Gasteiger partial charge in [0.05, 0.1) is 0 Å². The van der Waals surface area contributed by atoms with Gasteiger partial charge in [-0.3, -0.25) is 9.59 Å². The van der Waals surface area contributed by atoms with Crippen molar-refractivity contribution < 1.29 is 18.7 Å². The van der Waals surface area contributed by atoms with Gasteiger partial charge in [0.25, 0.3) is 0 Å². The molecular formula is C23H29FN2O3. The summed E-state index contributed by atoms with van der Waals surface area (Å²) < 4.78 is 18.5. The largest absolute Gasteiger partial charge is 0.382 e. The van der Waals surface area contributed by atoms with Crippen molar-refractivity contribution in [1.29, 1.82) is 0 Å². The molecule has 0 unspecified atom stereocenters. The van der Waals surface area contributed by atoms with Crippen molar-refractivity contribution in [3.8, 4) is 0 Å². The molecule has 0 fully saturated rings. The van der Waals surface area contributed by atoms with Crippen molar-refractivity contribution in [2.45, 2.75) is 39.3 Å². The summed E-state index contributed by atoms with van der Waals surface area (Å²) in [6.45, 7) is 5.30. The highest BCUT2D eigenvalue weighted by molar-refractivity contribution is 5.87. The van der Waals surface area contributed by atoms with Crippen molar-refractivity contribution >= 4 is 11.8 Å². The Bertz CT molecular complexity index is 765. The van der Waals surface area contributed by atoms with Crippen molar-refractivity contribution in [2.24, 2.45) is 0 Å². The zero-order valence-corrected chi connectivity index (χ0v) is 17.1. The number of hydrogen-bond acceptors (Lipinski definition) is 3. The zero-order valence-electron chi connectivity index (χ0n) is 17.1. The Morgan fingerprint density at radius 1 is 1.07 bits per heavy atom. The van der Waals surface area contributed by atoms with Crippen molar-refractivity contribution in [1.82, 2.24) is 10.2 Å². The van der Waals surface area contributed by atoms with Gasteiger partial charge in [-0.15, -0.1) is 0 Å². The van der Waals surface area contributed by atoms with Gasteiger partial charge in [0.1, 0.15) is 11.9 Å². The molecule has 0 saturated heterocycles. The number of halogens is 1. The van der Waals surface area contributed by atoms with Crippen molar-refractivity contribution in [2.75, 3.05) is 19.8 Å². The van der Waals surface area contributed by atoms with Crippen LogP contribution in [0, 0.1) is 5.82 Å². The third-order valence-corrected chi connectivity index (χ3v) is 4.59. The highest BCUT2D eigenvalue weighted by Crippen LogP contribution is 2.15. The molecule has 29 heavy (non-hydrogen) atoms. The average Bonchev–Trinajstić information content (AvgIpc) is 2.72. The number of rotatable bonds is 11. The molecule has 0 spiro atoms. The minimum atomic E-state index is -0.660. The van der Waals surface area contributed by atoms with Gasteiger partial charge in [-0.1, -0.05) is 42.5 Å². The first-order valence-electron chi connectivity index (χ1n) is 9.92. The number of carbonyl (C=O) groups excluding carboxylic acids is 2. The monoisotopic (exact) mass is 400 g/mol. The van der Waals surface area contributed by atoms with Crippen LogP contribution in [0.3, 0.4) is 0 Å². The molecule has 0 saturated carbocycles. The van der Waals surface area contributed by atoms with Gasteiger partial charge in [-0.05, 0) is 36.6 Å². The number of ether oxygens (including phenoxy) is 1. The van der Waals surface area contributed by atoms with Gasteiger partial charge >= 0.3 is 0 Å². The molecule has 0 aromatic heterocycles. The van der Waals surface area contributed by atoms with Crippen LogP contribution < -0.4 is 5.32 Å². The maximum absolute atomic E-state index is 13.2. The van der Waals surface area contributed by atoms with Gasteiger partial charge in [0.15, 0.2) is 0 Å². The topological polar surface area (TPSA) is 58.6 Å². The highest BCUT2D eigenvalue weighted by Gasteiger charge is 2.28. The number of carbonyl (C=O) groups is 2. The first kappa shape index (κ1) is 22.6. The Kier molecular flexibility index (Phi) is 9.31. The summed E-state index contributed by atoms with van der Waals surface area (Å²) in [7, 11) is 0. The SMILES string of the molecule is CCOCCCNC(=O)[C@H](Cc1ccccc1)N(Cc1ccc(F)cc1)C(C)=O. The molecule has 0 aliphatic heterocycles. The summed E-state index contributed by atoms with van der Waals surface area (Å²) in [6, 6.07) is 14.9. The first-order chi connectivity index (χ1) is 14.0. The second kappa shape index (κ2) is 12.0. The predicted octanol–water partition coefficient (Wildman–Crippen LogP) is 3.33. The van der Waals surface area contributed by atoms with Crippen LogP contribution in [0.1, 0.15) is 31.4 Å². The minimum Gasteiger partial charge on any atom is -0.382 e. The summed E-state index contributed by atoms with van der Waals surface area (Å²) in [5.41, 5.74) is 1.73. The molecule has 1 N–H and O–H groups in total. The van der Waals surface area contributed by atoms with Gasteiger partial charge in [-0.2, -0.15) is 0 Å². The molecule has 6 heteroatoms. The first-order valence-corrected chi connectivity index (χ1v) is 9.92. The van der Waals surface area contributed by atoms with E-state index in [1.807, 2.05) is 37.3 Å². The fourth-order valence-electron chi connectivity index (χ4n) is 3.06. The van der Waals surface area contributed by atoms with Crippen LogP contribution in [-0.4, -0.2) is 42.5 Å². The molecular weight excluding hydrogens is 371 g/mol. The van der Waals surface area contributed by atoms with Crippen LogP contribution in [0.25, 0.3) is 0 Å². The molecule has 0 aliphatic rings. The van der Waals surface area contributed by atoms with E-state index in [2.05, 4.69) is 5.32 Å². The maximum Gasteiger partial charge on any atom is 0.243 e. The Labute approximate surface area is 171 Å². The lowest BCUT2D eigenvalue weighted by molar-refractivity contribution is -0.139. The Morgan fingerprint density at radius 2 is 1.76 bits per heavy atom. The predicted molar refractivity (Wildman–Crippen MR) is 111 cm³/mol. The Balaban J connectivity index is 2.16. The van der Waals surface area contributed by atoms with Gasteiger partial charge in [0, 0.05) is 39.6 Å². The average molecular weight is 400 g/mol. The second-order valence-electron chi connectivity index (χ2n) is 6.82. The van der Waals surface area contributed by atoms with Crippen LogP contribution in [0.15, 0.2) is 54.6 Å². The van der Waals surface area contributed by atoms with E-state index in [1.165, 1.54) is 24.0 Å². The third kappa shape index (κ3) is 7.66. The summed E-state index contributed by atoms with van der Waals surface area (Å²) in [6.07, 6.45) is 1.11. The van der Waals surface area contributed by atoms with E-state index in [9.17, 15) is 14.0 Å². The van der Waals surface area contributed by atoms with E-state index >= 15 is 0 Å². The van der Waals surface area contributed by atoms with Gasteiger partial charge in [0.2, 0.25) is 11.8 Å². The summed E-state index contributed by atoms with van der Waals surface area (Å²) in [4.78, 5) is 26.9. The summed E-state index contributed by atoms with van der Waals surface area (Å²) >= 11 is 0. The molecule has 5 nitrogen and oxygen atoms in total. The Morgan fingerprint density at radius 3 is 2.38 bits per heavy atom. The maximum atomic E-state index is 13.2. The zero-order chi connectivity index (χ0) is 21.1. The smallest absolute Gasteiger partial charge is 0.243 e. The van der Waals surface area contributed by atoms with E-state index in [-0.39, 0.29) is 24.2 Å². The molecule has 2 aromatic carbocycles. The van der Waals surface area contributed by atoms with E-state index in [1.54, 1.807) is 12.1 Å². The lowest BCUT2D eigenvalue weighted by atomic mass is 10.0. The lowest BCUT2D eigenvalue weighted by Crippen LogP contribution is -2.50. The molecule has 0 heterocycles. The molecule has 2 amide bonds. The number of benzene rings is 2. The molecule has 0 bridgehead atoms. The summed E-state index contributed by atoms with van der Waals surface area (Å²) in [5.74, 6) is -0.751. The van der Waals surface area contributed by atoms with Crippen molar-refractivity contribution in [3.05, 3.63) is 71.5 Å². The van der Waals surface area contributed by atoms with Crippen LogP contribution in [-0.2, 0) is 27.3 Å². The normalized spacial score (nSPS) is 11.7. The van der Waals surface area contributed by atoms with Gasteiger partial charge < -0.3 is 15.0 Å². The van der Waals surface area contributed by atoms with E-state index < -0.39 is 6.04 Å². The minimum absolute atomic E-state index is 0.206. The molecule has 156 valence electrons. The molecule has 0 aliphatic carbocycles. The number of nitrogens with one attached hydrogen (secondary N) is 1. The number of hydrogen-bond donors (Lipinski definition) is 1. The Hall–Kier alpha value is -2.73. The standard InChI is InChI=1S/C23H29FN2O3/c1-3-29-15-7-14-25-23(28)22(16-19-8-5-4-6-9-19)26(18(2)27)17-20-10-12-21(24)13-11-20/h4-6,8-13,22H,3,7,14-17H2,1-2H3,(H,25,28)/t22-/m0/s1. The second-order valence-corrected chi connectivity index (χ2v) is 6.82. The molecule has 0 radical (unpaired) electrons. The van der Waals surface area contributed by atoms with Crippen LogP contribution in [0.4, 0.5) is 4.39 Å². The fourth-order valence-corrected chi connectivity index (χ4v) is 3.06. The molecule has 1 atom stereocenters. The van der Waals surface area contributed by atoms with Crippen molar-refractivity contribution in [3.63, 3.8) is 0 Å². The van der Waals surface area contributed by atoms with Crippen LogP contribution >= 0.6 is 0 Å². The van der Waals surface area contributed by atoms with E-state index in [4.69, 9.17) is 4.74 Å². The summed E-state index contributed by atoms with van der Waals surface area (Å²) in [5, 5.41) is 2.92.